The van der Waals surface area contributed by atoms with E-state index in [4.69, 9.17) is 9.47 Å². The zero-order chi connectivity index (χ0) is 18.9. The zero-order valence-corrected chi connectivity index (χ0v) is 18.0. The van der Waals surface area contributed by atoms with Gasteiger partial charge < -0.3 is 19.7 Å². The van der Waals surface area contributed by atoms with Crippen LogP contribution < -0.4 is 19.7 Å². The van der Waals surface area contributed by atoms with Crippen LogP contribution in [-0.2, 0) is 11.3 Å². The van der Waals surface area contributed by atoms with E-state index in [2.05, 4.69) is 16.8 Å². The van der Waals surface area contributed by atoms with E-state index in [1.807, 2.05) is 29.2 Å². The van der Waals surface area contributed by atoms with E-state index in [9.17, 15) is 4.79 Å². The minimum atomic E-state index is 0. The molecular formula is C22H27ClN2O3S. The number of anilines is 1. The van der Waals surface area contributed by atoms with Crippen molar-refractivity contribution in [2.24, 2.45) is 5.92 Å². The molecular weight excluding hydrogens is 408 g/mol. The van der Waals surface area contributed by atoms with Gasteiger partial charge in [0.1, 0.15) is 13.2 Å². The maximum Gasteiger partial charge on any atom is 0.227 e. The molecule has 29 heavy (non-hydrogen) atoms. The van der Waals surface area contributed by atoms with Gasteiger partial charge in [0.2, 0.25) is 5.91 Å². The Morgan fingerprint density at radius 3 is 2.59 bits per heavy atom. The number of ether oxygens (including phenoxy) is 2. The first-order valence-electron chi connectivity index (χ1n) is 10.2. The van der Waals surface area contributed by atoms with Crippen molar-refractivity contribution in [3.8, 4) is 11.5 Å². The quantitative estimate of drug-likeness (QED) is 0.758. The number of fused-ring (bicyclic) bond motifs is 3. The Kier molecular flexibility index (Phi) is 6.32. The van der Waals surface area contributed by atoms with E-state index in [0.717, 1.165) is 30.0 Å². The van der Waals surface area contributed by atoms with E-state index in [1.54, 1.807) is 11.3 Å². The molecule has 2 fully saturated rings. The van der Waals surface area contributed by atoms with E-state index in [-0.39, 0.29) is 18.3 Å². The van der Waals surface area contributed by atoms with Crippen molar-refractivity contribution in [2.75, 3.05) is 18.1 Å². The Hall–Kier alpha value is -1.76. The zero-order valence-electron chi connectivity index (χ0n) is 16.3. The number of hydrogen-bond donors (Lipinski definition) is 1. The molecule has 156 valence electrons. The smallest absolute Gasteiger partial charge is 0.227 e. The number of carbonyl (C=O) groups is 1. The molecule has 2 bridgehead atoms. The van der Waals surface area contributed by atoms with E-state index in [0.29, 0.717) is 44.2 Å². The number of piperidine rings is 1. The summed E-state index contributed by atoms with van der Waals surface area (Å²) in [4.78, 5) is 16.5. The Bertz CT molecular complexity index is 833. The third kappa shape index (κ3) is 4.55. The van der Waals surface area contributed by atoms with Crippen LogP contribution >= 0.6 is 23.7 Å². The highest BCUT2D eigenvalue weighted by Gasteiger charge is 2.35. The molecule has 2 aromatic rings. The summed E-state index contributed by atoms with van der Waals surface area (Å²) in [7, 11) is 0. The highest BCUT2D eigenvalue weighted by Crippen LogP contribution is 2.37. The van der Waals surface area contributed by atoms with Gasteiger partial charge >= 0.3 is 0 Å². The maximum absolute atomic E-state index is 13.4. The molecule has 0 saturated carbocycles. The molecule has 4 heterocycles. The highest BCUT2D eigenvalue weighted by atomic mass is 35.5. The lowest BCUT2D eigenvalue weighted by atomic mass is 9.89. The summed E-state index contributed by atoms with van der Waals surface area (Å²) in [5.41, 5.74) is 0.888. The summed E-state index contributed by atoms with van der Waals surface area (Å²) >= 11 is 1.69. The highest BCUT2D eigenvalue weighted by molar-refractivity contribution is 7.09. The number of carbonyl (C=O) groups excluding carboxylic acids is 1. The summed E-state index contributed by atoms with van der Waals surface area (Å²) in [5, 5.41) is 5.73. The standard InChI is InChI=1S/C22H26N2O3S.ClH/c25-22(12-15-10-16-3-4-17(11-15)23-16)24(14-19-2-1-9-28-19)18-5-6-20-21(13-18)27-8-7-26-20;/h1-2,5-6,9,13,15-17,23H,3-4,7-8,10-12,14H2;1H. The second-order valence-corrected chi connectivity index (χ2v) is 9.10. The van der Waals surface area contributed by atoms with Crippen molar-refractivity contribution in [1.29, 1.82) is 0 Å². The second kappa shape index (κ2) is 8.94. The van der Waals surface area contributed by atoms with E-state index < -0.39 is 0 Å². The first kappa shape index (κ1) is 20.5. The largest absolute Gasteiger partial charge is 0.486 e. The van der Waals surface area contributed by atoms with Crippen LogP contribution in [0.5, 0.6) is 11.5 Å². The Morgan fingerprint density at radius 1 is 1.10 bits per heavy atom. The number of amides is 1. The average Bonchev–Trinajstić information content (AvgIpc) is 3.35. The maximum atomic E-state index is 13.4. The van der Waals surface area contributed by atoms with Crippen LogP contribution in [0.3, 0.4) is 0 Å². The van der Waals surface area contributed by atoms with Crippen molar-refractivity contribution in [2.45, 2.75) is 50.7 Å². The first-order chi connectivity index (χ1) is 13.7. The van der Waals surface area contributed by atoms with E-state index in [1.165, 1.54) is 17.7 Å². The van der Waals surface area contributed by atoms with E-state index >= 15 is 0 Å². The number of benzene rings is 1. The van der Waals surface area contributed by atoms with Crippen molar-refractivity contribution in [3.05, 3.63) is 40.6 Å². The van der Waals surface area contributed by atoms with Crippen LogP contribution in [0.4, 0.5) is 5.69 Å². The molecule has 1 aromatic heterocycles. The summed E-state index contributed by atoms with van der Waals surface area (Å²) in [6.45, 7) is 1.73. The molecule has 2 unspecified atom stereocenters. The molecule has 1 aromatic carbocycles. The van der Waals surface area contributed by atoms with Gasteiger partial charge in [-0.3, -0.25) is 4.79 Å². The molecule has 1 N–H and O–H groups in total. The van der Waals surface area contributed by atoms with Crippen LogP contribution in [0.15, 0.2) is 35.7 Å². The van der Waals surface area contributed by atoms with Crippen LogP contribution in [0.2, 0.25) is 0 Å². The summed E-state index contributed by atoms with van der Waals surface area (Å²) in [6.07, 6.45) is 5.38. The second-order valence-electron chi connectivity index (χ2n) is 8.07. The number of thiophene rings is 1. The topological polar surface area (TPSA) is 50.8 Å². The molecule has 5 rings (SSSR count). The molecule has 2 saturated heterocycles. The number of nitrogens with one attached hydrogen (secondary N) is 1. The fourth-order valence-corrected chi connectivity index (χ4v) is 5.47. The SMILES string of the molecule is Cl.O=C(CC1CC2CCC(C1)N2)N(Cc1cccs1)c1ccc2c(c1)OCCO2. The van der Waals surface area contributed by atoms with Crippen molar-refractivity contribution in [3.63, 3.8) is 0 Å². The molecule has 3 aliphatic heterocycles. The predicted molar refractivity (Wildman–Crippen MR) is 117 cm³/mol. The number of hydrogen-bond acceptors (Lipinski definition) is 5. The number of rotatable bonds is 5. The van der Waals surface area contributed by atoms with Gasteiger partial charge in [0, 0.05) is 35.1 Å². The van der Waals surface area contributed by atoms with Crippen LogP contribution in [-0.4, -0.2) is 31.2 Å². The minimum Gasteiger partial charge on any atom is -0.486 e. The monoisotopic (exact) mass is 434 g/mol. The van der Waals surface area contributed by atoms with Crippen LogP contribution in [0.25, 0.3) is 0 Å². The molecule has 5 nitrogen and oxygen atoms in total. The van der Waals surface area contributed by atoms with Gasteiger partial charge in [0.15, 0.2) is 11.5 Å². The Morgan fingerprint density at radius 2 is 1.86 bits per heavy atom. The van der Waals surface area contributed by atoms with Gasteiger partial charge in [-0.2, -0.15) is 0 Å². The fourth-order valence-electron chi connectivity index (χ4n) is 4.78. The predicted octanol–water partition coefficient (Wildman–Crippen LogP) is 4.40. The molecule has 0 spiro atoms. The third-order valence-corrected chi connectivity index (χ3v) is 6.93. The fraction of sp³-hybridized carbons (Fsp3) is 0.500. The molecule has 3 aliphatic rings. The van der Waals surface area contributed by atoms with Crippen molar-refractivity contribution < 1.29 is 14.3 Å². The van der Waals surface area contributed by atoms with Gasteiger partial charge in [-0.15, -0.1) is 23.7 Å². The first-order valence-corrected chi connectivity index (χ1v) is 11.1. The molecule has 7 heteroatoms. The molecule has 0 aliphatic carbocycles. The van der Waals surface area contributed by atoms with Gasteiger partial charge in [-0.05, 0) is 55.2 Å². The van der Waals surface area contributed by atoms with Crippen molar-refractivity contribution >= 4 is 35.3 Å². The number of halogens is 1. The Labute approximate surface area is 181 Å². The van der Waals surface area contributed by atoms with Gasteiger partial charge in [-0.25, -0.2) is 0 Å². The summed E-state index contributed by atoms with van der Waals surface area (Å²) in [6, 6.07) is 11.2. The average molecular weight is 435 g/mol. The van der Waals surface area contributed by atoms with Crippen molar-refractivity contribution in [1.82, 2.24) is 5.32 Å². The van der Waals surface area contributed by atoms with Gasteiger partial charge in [0.25, 0.3) is 0 Å². The lowest BCUT2D eigenvalue weighted by Crippen LogP contribution is -2.40. The summed E-state index contributed by atoms with van der Waals surface area (Å²) in [5.74, 6) is 2.17. The molecule has 2 atom stereocenters. The molecule has 0 radical (unpaired) electrons. The lowest BCUT2D eigenvalue weighted by molar-refractivity contribution is -0.119. The Balaban J connectivity index is 0.00000205. The molecule has 1 amide bonds. The van der Waals surface area contributed by atoms with Gasteiger partial charge in [-0.1, -0.05) is 6.07 Å². The van der Waals surface area contributed by atoms with Crippen LogP contribution in [0, 0.1) is 5.92 Å². The third-order valence-electron chi connectivity index (χ3n) is 6.07. The summed E-state index contributed by atoms with van der Waals surface area (Å²) < 4.78 is 11.4. The van der Waals surface area contributed by atoms with Crippen LogP contribution in [0.1, 0.15) is 37.0 Å². The van der Waals surface area contributed by atoms with Gasteiger partial charge in [0.05, 0.1) is 6.54 Å². The number of nitrogens with zero attached hydrogens (tertiary/aromatic N) is 1. The minimum absolute atomic E-state index is 0. The lowest BCUT2D eigenvalue weighted by Gasteiger charge is -2.31. The normalized spacial score (nSPS) is 24.6.